The van der Waals surface area contributed by atoms with Crippen molar-refractivity contribution in [3.05, 3.63) is 93.3 Å². The Morgan fingerprint density at radius 3 is 2.65 bits per heavy atom. The van der Waals surface area contributed by atoms with Gasteiger partial charge >= 0.3 is 5.97 Å². The molecule has 0 radical (unpaired) electrons. The van der Waals surface area contributed by atoms with Crippen LogP contribution in [0.4, 0.5) is 5.69 Å². The number of nitrogens with zero attached hydrogens (tertiary/aromatic N) is 2. The summed E-state index contributed by atoms with van der Waals surface area (Å²) >= 11 is 0. The van der Waals surface area contributed by atoms with E-state index in [0.717, 1.165) is 27.9 Å². The third kappa shape index (κ3) is 3.77. The number of ether oxygens (including phenoxy) is 1. The van der Waals surface area contributed by atoms with Crippen LogP contribution in [-0.4, -0.2) is 23.0 Å². The highest BCUT2D eigenvalue weighted by Gasteiger charge is 2.29. The van der Waals surface area contributed by atoms with Gasteiger partial charge in [-0.25, -0.2) is 9.78 Å². The summed E-state index contributed by atoms with van der Waals surface area (Å²) in [5.74, 6) is -0.653. The van der Waals surface area contributed by atoms with Crippen LogP contribution in [0.3, 0.4) is 0 Å². The van der Waals surface area contributed by atoms with Crippen LogP contribution in [0.15, 0.2) is 77.6 Å². The fourth-order valence-electron chi connectivity index (χ4n) is 4.00. The Hall–Kier alpha value is -4.00. The Kier molecular flexibility index (Phi) is 5.25. The topological polar surface area (TPSA) is 94.4 Å². The highest BCUT2D eigenvalue weighted by molar-refractivity contribution is 5.94. The smallest absolute Gasteiger partial charge is 0.336 e. The van der Waals surface area contributed by atoms with Crippen LogP contribution >= 0.6 is 0 Å². The van der Waals surface area contributed by atoms with Crippen molar-refractivity contribution in [2.75, 3.05) is 7.11 Å². The molecule has 0 saturated heterocycles. The minimum absolute atomic E-state index is 0.0202. The number of hydrogen-bond acceptors (Lipinski definition) is 6. The largest absolute Gasteiger partial charge is 0.466 e. The highest BCUT2D eigenvalue weighted by atomic mass is 16.6. The van der Waals surface area contributed by atoms with Crippen molar-refractivity contribution >= 4 is 22.6 Å². The van der Waals surface area contributed by atoms with Crippen molar-refractivity contribution in [1.29, 1.82) is 0 Å². The number of carbonyl (C=O) groups is 1. The molecule has 1 atom stereocenters. The van der Waals surface area contributed by atoms with Crippen LogP contribution in [0.25, 0.3) is 22.2 Å². The fraction of sp³-hybridized carbons (Fsp3) is 0.167. The summed E-state index contributed by atoms with van der Waals surface area (Å²) in [6, 6.07) is 16.0. The molecule has 1 aromatic heterocycles. The Morgan fingerprint density at radius 2 is 1.90 bits per heavy atom. The van der Waals surface area contributed by atoms with E-state index in [2.05, 4.69) is 5.32 Å². The van der Waals surface area contributed by atoms with Crippen molar-refractivity contribution in [3.8, 4) is 11.3 Å². The lowest BCUT2D eigenvalue weighted by atomic mass is 9.85. The third-order valence-electron chi connectivity index (χ3n) is 5.38. The molecule has 31 heavy (non-hydrogen) atoms. The summed E-state index contributed by atoms with van der Waals surface area (Å²) < 4.78 is 5.03. The first-order valence-corrected chi connectivity index (χ1v) is 9.78. The van der Waals surface area contributed by atoms with E-state index < -0.39 is 4.92 Å². The molecule has 0 bridgehead atoms. The highest BCUT2D eigenvalue weighted by Crippen LogP contribution is 2.37. The zero-order chi connectivity index (χ0) is 22.1. The van der Waals surface area contributed by atoms with Gasteiger partial charge in [0.05, 0.1) is 28.8 Å². The number of nitro benzene ring substituents is 1. The summed E-state index contributed by atoms with van der Waals surface area (Å²) in [4.78, 5) is 27.9. The zero-order valence-electron chi connectivity index (χ0n) is 17.4. The standard InChI is InChI=1S/C24H21N3O4/c1-14-12-20(23(15(2)25-14)24(28)31-3)18-8-5-9-22-19(18)10-11-21(26-22)16-6-4-7-17(13-16)27(29)30/h4-13,20,25H,1-3H3. The van der Waals surface area contributed by atoms with Crippen molar-refractivity contribution in [3.63, 3.8) is 0 Å². The number of rotatable bonds is 4. The predicted octanol–water partition coefficient (Wildman–Crippen LogP) is 4.85. The van der Waals surface area contributed by atoms with Crippen LogP contribution < -0.4 is 5.32 Å². The normalized spacial score (nSPS) is 16.0. The molecule has 1 unspecified atom stereocenters. The summed E-state index contributed by atoms with van der Waals surface area (Å²) in [5, 5.41) is 15.2. The van der Waals surface area contributed by atoms with E-state index in [1.54, 1.807) is 12.1 Å². The molecule has 1 aliphatic rings. The van der Waals surface area contributed by atoms with Gasteiger partial charge in [-0.2, -0.15) is 0 Å². The van der Waals surface area contributed by atoms with Crippen LogP contribution in [0.5, 0.6) is 0 Å². The summed E-state index contributed by atoms with van der Waals surface area (Å²) in [6.45, 7) is 3.81. The summed E-state index contributed by atoms with van der Waals surface area (Å²) in [7, 11) is 1.38. The number of carbonyl (C=O) groups excluding carboxylic acids is 1. The Balaban J connectivity index is 1.84. The molecule has 3 aromatic rings. The minimum Gasteiger partial charge on any atom is -0.466 e. The first-order valence-electron chi connectivity index (χ1n) is 9.78. The van der Waals surface area contributed by atoms with Crippen molar-refractivity contribution in [2.24, 2.45) is 0 Å². The molecule has 2 aromatic carbocycles. The molecule has 0 amide bonds. The van der Waals surface area contributed by atoms with E-state index in [9.17, 15) is 14.9 Å². The monoisotopic (exact) mass is 415 g/mol. The van der Waals surface area contributed by atoms with Crippen molar-refractivity contribution in [2.45, 2.75) is 19.8 Å². The number of allylic oxidation sites excluding steroid dienone is 3. The predicted molar refractivity (Wildman–Crippen MR) is 118 cm³/mol. The molecule has 2 heterocycles. The number of nitrogens with one attached hydrogen (secondary N) is 1. The number of dihydropyridines is 1. The average molecular weight is 415 g/mol. The molecule has 0 fully saturated rings. The van der Waals surface area contributed by atoms with Gasteiger partial charge in [0.1, 0.15) is 0 Å². The van der Waals surface area contributed by atoms with E-state index in [1.165, 1.54) is 19.2 Å². The van der Waals surface area contributed by atoms with E-state index in [4.69, 9.17) is 9.72 Å². The molecule has 0 saturated carbocycles. The van der Waals surface area contributed by atoms with Gasteiger partial charge in [0.15, 0.2) is 0 Å². The molecule has 7 nitrogen and oxygen atoms in total. The van der Waals surface area contributed by atoms with Crippen LogP contribution in [0.1, 0.15) is 25.3 Å². The van der Waals surface area contributed by atoms with Gasteiger partial charge in [-0.3, -0.25) is 10.1 Å². The van der Waals surface area contributed by atoms with Gasteiger partial charge in [-0.05, 0) is 31.5 Å². The molecule has 0 aliphatic carbocycles. The number of hydrogen-bond donors (Lipinski definition) is 1. The average Bonchev–Trinajstić information content (AvgIpc) is 2.77. The molecule has 7 heteroatoms. The Morgan fingerprint density at radius 1 is 1.13 bits per heavy atom. The second-order valence-corrected chi connectivity index (χ2v) is 7.40. The first kappa shape index (κ1) is 20.3. The quantitative estimate of drug-likeness (QED) is 0.372. The second-order valence-electron chi connectivity index (χ2n) is 7.40. The zero-order valence-corrected chi connectivity index (χ0v) is 17.4. The lowest BCUT2D eigenvalue weighted by molar-refractivity contribution is -0.384. The van der Waals surface area contributed by atoms with Gasteiger partial charge in [0.25, 0.3) is 5.69 Å². The summed E-state index contributed by atoms with van der Waals surface area (Å²) in [6.07, 6.45) is 2.00. The number of esters is 1. The van der Waals surface area contributed by atoms with Crippen molar-refractivity contribution in [1.82, 2.24) is 10.3 Å². The fourth-order valence-corrected chi connectivity index (χ4v) is 4.00. The lowest BCUT2D eigenvalue weighted by Gasteiger charge is -2.26. The Bertz CT molecular complexity index is 1280. The number of benzene rings is 2. The molecule has 156 valence electrons. The van der Waals surface area contributed by atoms with E-state index in [1.807, 2.05) is 50.3 Å². The van der Waals surface area contributed by atoms with E-state index >= 15 is 0 Å². The third-order valence-corrected chi connectivity index (χ3v) is 5.38. The maximum absolute atomic E-state index is 12.5. The maximum atomic E-state index is 12.5. The first-order chi connectivity index (χ1) is 14.9. The molecular formula is C24H21N3O4. The molecule has 0 spiro atoms. The van der Waals surface area contributed by atoms with Crippen LogP contribution in [0.2, 0.25) is 0 Å². The van der Waals surface area contributed by atoms with E-state index in [-0.39, 0.29) is 17.6 Å². The molecule has 1 N–H and O–H groups in total. The van der Waals surface area contributed by atoms with Gasteiger partial charge in [-0.15, -0.1) is 0 Å². The number of aromatic nitrogens is 1. The Labute approximate surface area is 179 Å². The number of non-ortho nitro benzene ring substituents is 1. The molecule has 1 aliphatic heterocycles. The van der Waals surface area contributed by atoms with E-state index in [0.29, 0.717) is 16.8 Å². The van der Waals surface area contributed by atoms with Gasteiger partial charge in [-0.1, -0.05) is 36.4 Å². The minimum atomic E-state index is -0.419. The van der Waals surface area contributed by atoms with Gasteiger partial charge in [0.2, 0.25) is 0 Å². The second kappa shape index (κ2) is 8.02. The molecular weight excluding hydrogens is 394 g/mol. The maximum Gasteiger partial charge on any atom is 0.336 e. The molecule has 4 rings (SSSR count). The number of methoxy groups -OCH3 is 1. The SMILES string of the molecule is COC(=O)C1=C(C)NC(C)=CC1c1cccc2nc(-c3cccc([N+](=O)[O-])c3)ccc12. The van der Waals surface area contributed by atoms with Gasteiger partial charge < -0.3 is 10.1 Å². The number of nitro groups is 1. The van der Waals surface area contributed by atoms with Gasteiger partial charge in [0, 0.05) is 40.4 Å². The lowest BCUT2D eigenvalue weighted by Crippen LogP contribution is -2.25. The summed E-state index contributed by atoms with van der Waals surface area (Å²) in [5.41, 5.74) is 5.29. The number of pyridine rings is 1. The van der Waals surface area contributed by atoms with Crippen LogP contribution in [-0.2, 0) is 9.53 Å². The van der Waals surface area contributed by atoms with Crippen LogP contribution in [0, 0.1) is 10.1 Å². The number of fused-ring (bicyclic) bond motifs is 1. The van der Waals surface area contributed by atoms with Crippen molar-refractivity contribution < 1.29 is 14.5 Å².